The monoisotopic (exact) mass is 455 g/mol. The van der Waals surface area contributed by atoms with E-state index in [1.807, 2.05) is 53.1 Å². The fourth-order valence-corrected chi connectivity index (χ4v) is 4.71. The number of nitrogens with zero attached hydrogens (tertiary/aromatic N) is 2. The second-order valence-electron chi connectivity index (χ2n) is 6.27. The fourth-order valence-electron chi connectivity index (χ4n) is 3.15. The number of nitrogens with one attached hydrogen (secondary N) is 1. The lowest BCUT2D eigenvalue weighted by atomic mass is 10.2. The molecule has 3 aromatic heterocycles. The molecule has 1 amide bonds. The number of hydrogen-bond acceptors (Lipinski definition) is 4. The molecule has 0 atom stereocenters. The van der Waals surface area contributed by atoms with Crippen molar-refractivity contribution >= 4 is 43.4 Å². The summed E-state index contributed by atoms with van der Waals surface area (Å²) in [5, 5.41) is 3.00. The van der Waals surface area contributed by atoms with E-state index in [1.165, 1.54) is 0 Å². The van der Waals surface area contributed by atoms with E-state index in [0.717, 1.165) is 30.9 Å². The molecule has 0 bridgehead atoms. The van der Waals surface area contributed by atoms with Gasteiger partial charge in [-0.15, -0.1) is 11.3 Å². The van der Waals surface area contributed by atoms with Gasteiger partial charge < -0.3 is 14.6 Å². The van der Waals surface area contributed by atoms with Crippen molar-refractivity contribution in [3.05, 3.63) is 81.5 Å². The van der Waals surface area contributed by atoms with Gasteiger partial charge in [0.25, 0.3) is 5.91 Å². The van der Waals surface area contributed by atoms with Crippen LogP contribution in [0.3, 0.4) is 0 Å². The highest BCUT2D eigenvalue weighted by Gasteiger charge is 2.18. The van der Waals surface area contributed by atoms with Crippen molar-refractivity contribution in [2.24, 2.45) is 0 Å². The smallest absolute Gasteiger partial charge is 0.268 e. The molecule has 1 N–H and O–H groups in total. The summed E-state index contributed by atoms with van der Waals surface area (Å²) in [7, 11) is 1.66. The number of carbonyl (C=O) groups is 1. The molecule has 0 spiro atoms. The zero-order valence-corrected chi connectivity index (χ0v) is 17.6. The van der Waals surface area contributed by atoms with Crippen LogP contribution in [-0.4, -0.2) is 22.6 Å². The third kappa shape index (κ3) is 3.81. The number of halogens is 1. The minimum atomic E-state index is -0.113. The van der Waals surface area contributed by atoms with Gasteiger partial charge in [0.15, 0.2) is 0 Å². The first-order valence-electron chi connectivity index (χ1n) is 8.73. The number of methoxy groups -OCH3 is 1. The zero-order chi connectivity index (χ0) is 19.5. The molecule has 0 fully saturated rings. The Bertz CT molecular complexity index is 1120. The average molecular weight is 456 g/mol. The lowest BCUT2D eigenvalue weighted by Crippen LogP contribution is -2.25. The van der Waals surface area contributed by atoms with Gasteiger partial charge in [-0.1, -0.05) is 24.3 Å². The summed E-state index contributed by atoms with van der Waals surface area (Å²) in [5.41, 5.74) is 3.63. The number of amides is 1. The highest BCUT2D eigenvalue weighted by molar-refractivity contribution is 9.11. The van der Waals surface area contributed by atoms with Crippen LogP contribution in [0.5, 0.6) is 5.75 Å². The first-order valence-corrected chi connectivity index (χ1v) is 10.3. The Balaban J connectivity index is 1.67. The summed E-state index contributed by atoms with van der Waals surface area (Å²) in [4.78, 5) is 17.0. The van der Waals surface area contributed by atoms with Crippen molar-refractivity contribution in [1.29, 1.82) is 0 Å². The van der Waals surface area contributed by atoms with Crippen molar-refractivity contribution in [2.75, 3.05) is 7.11 Å². The third-order valence-corrected chi connectivity index (χ3v) is 6.06. The fraction of sp³-hybridized carbons (Fsp3) is 0.143. The van der Waals surface area contributed by atoms with Gasteiger partial charge in [-0.2, -0.15) is 0 Å². The number of ether oxygens (including phenoxy) is 1. The number of benzene rings is 1. The highest BCUT2D eigenvalue weighted by Crippen LogP contribution is 2.33. The summed E-state index contributed by atoms with van der Waals surface area (Å²) < 4.78 is 9.62. The molecular formula is C21H18BrN3O2S. The van der Waals surface area contributed by atoms with E-state index in [1.54, 1.807) is 30.8 Å². The largest absolute Gasteiger partial charge is 0.496 e. The van der Waals surface area contributed by atoms with Gasteiger partial charge in [-0.3, -0.25) is 9.78 Å². The van der Waals surface area contributed by atoms with Crippen LogP contribution in [0.2, 0.25) is 0 Å². The number of para-hydroxylation sites is 1. The predicted molar refractivity (Wildman–Crippen MR) is 115 cm³/mol. The summed E-state index contributed by atoms with van der Waals surface area (Å²) in [6, 6.07) is 15.7. The quantitative estimate of drug-likeness (QED) is 0.452. The SMILES string of the molecule is COc1ccccc1Cn1c(C(=O)NCc2cccnc2)cc2sc(Br)cc21. The predicted octanol–water partition coefficient (Wildman–Crippen LogP) is 4.85. The van der Waals surface area contributed by atoms with Gasteiger partial charge in [0.1, 0.15) is 11.4 Å². The second-order valence-corrected chi connectivity index (χ2v) is 8.73. The normalized spacial score (nSPS) is 10.9. The number of thiophene rings is 1. The van der Waals surface area contributed by atoms with Crippen molar-refractivity contribution in [1.82, 2.24) is 14.9 Å². The molecule has 0 aliphatic rings. The molecule has 5 nitrogen and oxygen atoms in total. The lowest BCUT2D eigenvalue weighted by molar-refractivity contribution is 0.0942. The Kier molecular flexibility index (Phi) is 5.45. The Labute approximate surface area is 175 Å². The van der Waals surface area contributed by atoms with Gasteiger partial charge in [-0.25, -0.2) is 0 Å². The first-order chi connectivity index (χ1) is 13.7. The Morgan fingerprint density at radius 1 is 1.25 bits per heavy atom. The molecule has 0 saturated heterocycles. The minimum absolute atomic E-state index is 0.113. The second kappa shape index (κ2) is 8.16. The zero-order valence-electron chi connectivity index (χ0n) is 15.2. The van der Waals surface area contributed by atoms with Crippen LogP contribution in [0.15, 0.2) is 64.7 Å². The van der Waals surface area contributed by atoms with Gasteiger partial charge in [-0.05, 0) is 45.8 Å². The summed E-state index contributed by atoms with van der Waals surface area (Å²) in [6.45, 7) is 0.982. The molecular weight excluding hydrogens is 438 g/mol. The van der Waals surface area contributed by atoms with Crippen molar-refractivity contribution < 1.29 is 9.53 Å². The highest BCUT2D eigenvalue weighted by atomic mass is 79.9. The number of hydrogen-bond donors (Lipinski definition) is 1. The van der Waals surface area contributed by atoms with E-state index in [0.29, 0.717) is 18.8 Å². The standard InChI is InChI=1S/C21H18BrN3O2S/c1-27-18-7-3-2-6-15(18)13-25-16-10-20(22)28-19(16)9-17(25)21(26)24-12-14-5-4-8-23-11-14/h2-11H,12-13H2,1H3,(H,24,26). The average Bonchev–Trinajstić information content (AvgIpc) is 3.24. The summed E-state index contributed by atoms with van der Waals surface area (Å²) in [6.07, 6.45) is 3.47. The molecule has 0 saturated carbocycles. The number of fused-ring (bicyclic) bond motifs is 1. The molecule has 1 aromatic carbocycles. The van der Waals surface area contributed by atoms with Crippen molar-refractivity contribution in [3.8, 4) is 5.75 Å². The van der Waals surface area contributed by atoms with Crippen molar-refractivity contribution in [3.63, 3.8) is 0 Å². The first kappa shape index (κ1) is 18.7. The number of carbonyl (C=O) groups excluding carboxylic acids is 1. The van der Waals surface area contributed by atoms with Gasteiger partial charge in [0.2, 0.25) is 0 Å². The van der Waals surface area contributed by atoms with Crippen molar-refractivity contribution in [2.45, 2.75) is 13.1 Å². The van der Waals surface area contributed by atoms with E-state index >= 15 is 0 Å². The molecule has 4 aromatic rings. The van der Waals surface area contributed by atoms with Gasteiger partial charge >= 0.3 is 0 Å². The Hall–Kier alpha value is -2.64. The maximum Gasteiger partial charge on any atom is 0.268 e. The molecule has 0 radical (unpaired) electrons. The number of rotatable bonds is 6. The summed E-state index contributed by atoms with van der Waals surface area (Å²) >= 11 is 5.16. The molecule has 142 valence electrons. The lowest BCUT2D eigenvalue weighted by Gasteiger charge is -2.13. The van der Waals surface area contributed by atoms with Crippen LogP contribution in [0.25, 0.3) is 10.2 Å². The Morgan fingerprint density at radius 2 is 2.11 bits per heavy atom. The van der Waals surface area contributed by atoms with Crippen LogP contribution in [0.1, 0.15) is 21.6 Å². The van der Waals surface area contributed by atoms with Crippen LogP contribution < -0.4 is 10.1 Å². The van der Waals surface area contributed by atoms with E-state index in [9.17, 15) is 4.79 Å². The number of pyridine rings is 1. The molecule has 28 heavy (non-hydrogen) atoms. The topological polar surface area (TPSA) is 56.1 Å². The minimum Gasteiger partial charge on any atom is -0.496 e. The van der Waals surface area contributed by atoms with E-state index < -0.39 is 0 Å². The molecule has 7 heteroatoms. The van der Waals surface area contributed by atoms with E-state index in [2.05, 4.69) is 26.2 Å². The van der Waals surface area contributed by atoms with Crippen LogP contribution in [0, 0.1) is 0 Å². The molecule has 0 aliphatic heterocycles. The van der Waals surface area contributed by atoms with E-state index in [-0.39, 0.29) is 5.91 Å². The van der Waals surface area contributed by atoms with E-state index in [4.69, 9.17) is 4.74 Å². The van der Waals surface area contributed by atoms with Crippen LogP contribution >= 0.6 is 27.3 Å². The van der Waals surface area contributed by atoms with Gasteiger partial charge in [0, 0.05) is 24.5 Å². The maximum atomic E-state index is 12.9. The van der Waals surface area contributed by atoms with Gasteiger partial charge in [0.05, 0.1) is 27.7 Å². The third-order valence-electron chi connectivity index (χ3n) is 4.49. The molecule has 4 rings (SSSR count). The summed E-state index contributed by atoms with van der Waals surface area (Å²) in [5.74, 6) is 0.693. The Morgan fingerprint density at radius 3 is 2.89 bits per heavy atom. The molecule has 0 unspecified atom stereocenters. The number of aromatic nitrogens is 2. The molecule has 0 aliphatic carbocycles. The maximum absolute atomic E-state index is 12.9. The molecule has 3 heterocycles. The van der Waals surface area contributed by atoms with Crippen LogP contribution in [-0.2, 0) is 13.1 Å². The van der Waals surface area contributed by atoms with Crippen LogP contribution in [0.4, 0.5) is 0 Å².